The molecule has 0 radical (unpaired) electrons. The van der Waals surface area contributed by atoms with Crippen molar-refractivity contribution in [3.8, 4) is 0 Å². The summed E-state index contributed by atoms with van der Waals surface area (Å²) in [6, 6.07) is 0. The lowest BCUT2D eigenvalue weighted by atomic mass is 10.2. The molecular weight excluding hydrogens is 154 g/mol. The molecule has 0 saturated carbocycles. The maximum absolute atomic E-state index is 10.6. The first kappa shape index (κ1) is 10.5. The normalized spacial score (nSPS) is 12.5. The van der Waals surface area contributed by atoms with Crippen molar-refractivity contribution in [3.63, 3.8) is 0 Å². The van der Waals surface area contributed by atoms with E-state index in [0.29, 0.717) is 0 Å². The number of carboxylic acid groups (broad SMARTS) is 1. The van der Waals surface area contributed by atoms with E-state index < -0.39 is 5.97 Å². The lowest BCUT2D eigenvalue weighted by Crippen LogP contribution is -2.05. The summed E-state index contributed by atoms with van der Waals surface area (Å²) in [6.45, 7) is 5.22. The third kappa shape index (κ3) is 3.61. The molecule has 0 aromatic carbocycles. The van der Waals surface area contributed by atoms with Gasteiger partial charge in [0, 0.05) is 12.7 Å². The van der Waals surface area contributed by atoms with Crippen LogP contribution < -0.4 is 5.32 Å². The summed E-state index contributed by atoms with van der Waals surface area (Å²) in [5.74, 6) is -0.954. The molecule has 0 aromatic rings. The molecule has 0 aromatic heterocycles. The highest BCUT2D eigenvalue weighted by Crippen LogP contribution is 2.00. The van der Waals surface area contributed by atoms with Gasteiger partial charge in [-0.15, -0.1) is 0 Å². The lowest BCUT2D eigenvalue weighted by molar-refractivity contribution is -0.132. The van der Waals surface area contributed by atoms with Crippen molar-refractivity contribution in [1.82, 2.24) is 5.32 Å². The smallest absolute Gasteiger partial charge is 0.335 e. The molecule has 0 amide bonds. The van der Waals surface area contributed by atoms with E-state index >= 15 is 0 Å². The van der Waals surface area contributed by atoms with Gasteiger partial charge in [-0.3, -0.25) is 0 Å². The predicted molar refractivity (Wildman–Crippen MR) is 48.7 cm³/mol. The Morgan fingerprint density at radius 2 is 2.17 bits per heavy atom. The molecule has 0 aliphatic heterocycles. The van der Waals surface area contributed by atoms with Gasteiger partial charge < -0.3 is 10.4 Å². The van der Waals surface area contributed by atoms with Gasteiger partial charge in [0.2, 0.25) is 0 Å². The van der Waals surface area contributed by atoms with Gasteiger partial charge in [0.05, 0.1) is 5.57 Å². The minimum Gasteiger partial charge on any atom is -0.478 e. The Morgan fingerprint density at radius 1 is 1.58 bits per heavy atom. The van der Waals surface area contributed by atoms with Gasteiger partial charge in [-0.2, -0.15) is 0 Å². The maximum atomic E-state index is 10.6. The fraction of sp³-hybridized carbons (Fsp3) is 0.222. The number of hydrogen-bond acceptors (Lipinski definition) is 2. The molecule has 0 bridgehead atoms. The Balaban J connectivity index is 4.66. The molecule has 0 aliphatic carbocycles. The van der Waals surface area contributed by atoms with Gasteiger partial charge in [-0.05, 0) is 19.1 Å². The van der Waals surface area contributed by atoms with Gasteiger partial charge in [0.1, 0.15) is 0 Å². The molecule has 3 nitrogen and oxygen atoms in total. The molecule has 0 fully saturated rings. The van der Waals surface area contributed by atoms with Gasteiger partial charge in [-0.25, -0.2) is 4.79 Å². The van der Waals surface area contributed by atoms with Crippen LogP contribution in [-0.2, 0) is 4.79 Å². The van der Waals surface area contributed by atoms with Crippen LogP contribution >= 0.6 is 0 Å². The summed E-state index contributed by atoms with van der Waals surface area (Å²) in [4.78, 5) is 10.6. The summed E-state index contributed by atoms with van der Waals surface area (Å²) < 4.78 is 0. The standard InChI is InChI=1S/C9H13NO2/c1-4-5-8(9(11)12)6-7(2)10-3/h4-6,10H,1H2,2-3H3,(H,11,12)/b7-6+,8-5+. The Hall–Kier alpha value is -1.51. The van der Waals surface area contributed by atoms with Crippen molar-refractivity contribution < 1.29 is 9.90 Å². The molecule has 0 spiro atoms. The molecule has 0 heterocycles. The highest BCUT2D eigenvalue weighted by molar-refractivity contribution is 5.90. The topological polar surface area (TPSA) is 49.3 Å². The van der Waals surface area contributed by atoms with Crippen LogP contribution in [0.1, 0.15) is 6.92 Å². The molecular formula is C9H13NO2. The van der Waals surface area contributed by atoms with Gasteiger partial charge in [0.15, 0.2) is 0 Å². The van der Waals surface area contributed by atoms with Crippen LogP contribution in [0.5, 0.6) is 0 Å². The van der Waals surface area contributed by atoms with Gasteiger partial charge in [-0.1, -0.05) is 12.7 Å². The number of carbonyl (C=O) groups is 1. The first-order chi connectivity index (χ1) is 5.61. The minimum atomic E-state index is -0.954. The van der Waals surface area contributed by atoms with E-state index in [1.165, 1.54) is 12.2 Å². The molecule has 0 unspecified atom stereocenters. The van der Waals surface area contributed by atoms with E-state index in [4.69, 9.17) is 5.11 Å². The fourth-order valence-corrected chi connectivity index (χ4v) is 0.614. The van der Waals surface area contributed by atoms with E-state index in [9.17, 15) is 4.79 Å². The second-order valence-electron chi connectivity index (χ2n) is 2.24. The van der Waals surface area contributed by atoms with Crippen LogP contribution in [0.15, 0.2) is 36.1 Å². The van der Waals surface area contributed by atoms with Crippen molar-refractivity contribution in [2.75, 3.05) is 7.05 Å². The Bertz CT molecular complexity index is 239. The fourth-order valence-electron chi connectivity index (χ4n) is 0.614. The largest absolute Gasteiger partial charge is 0.478 e. The Labute approximate surface area is 72.1 Å². The Morgan fingerprint density at radius 3 is 2.50 bits per heavy atom. The molecule has 66 valence electrons. The lowest BCUT2D eigenvalue weighted by Gasteiger charge is -1.98. The van der Waals surface area contributed by atoms with Crippen LogP contribution in [0, 0.1) is 0 Å². The second-order valence-corrected chi connectivity index (χ2v) is 2.24. The van der Waals surface area contributed by atoms with Crippen LogP contribution in [0.3, 0.4) is 0 Å². The molecule has 0 atom stereocenters. The van der Waals surface area contributed by atoms with Crippen molar-refractivity contribution in [2.45, 2.75) is 6.92 Å². The molecule has 2 N–H and O–H groups in total. The first-order valence-electron chi connectivity index (χ1n) is 3.54. The zero-order valence-corrected chi connectivity index (χ0v) is 7.29. The van der Waals surface area contributed by atoms with Gasteiger partial charge in [0.25, 0.3) is 0 Å². The third-order valence-electron chi connectivity index (χ3n) is 1.31. The Kier molecular flexibility index (Phi) is 4.53. The van der Waals surface area contributed by atoms with E-state index in [2.05, 4.69) is 11.9 Å². The van der Waals surface area contributed by atoms with Crippen molar-refractivity contribution in [3.05, 3.63) is 36.1 Å². The number of nitrogens with one attached hydrogen (secondary N) is 1. The van der Waals surface area contributed by atoms with E-state index in [0.717, 1.165) is 5.70 Å². The third-order valence-corrected chi connectivity index (χ3v) is 1.31. The van der Waals surface area contributed by atoms with Crippen molar-refractivity contribution in [1.29, 1.82) is 0 Å². The summed E-state index contributed by atoms with van der Waals surface area (Å²) in [7, 11) is 1.74. The summed E-state index contributed by atoms with van der Waals surface area (Å²) in [6.07, 6.45) is 4.44. The van der Waals surface area contributed by atoms with Crippen LogP contribution in [0.25, 0.3) is 0 Å². The summed E-state index contributed by atoms with van der Waals surface area (Å²) in [5.41, 5.74) is 1.02. The molecule has 0 aliphatic rings. The van der Waals surface area contributed by atoms with Crippen molar-refractivity contribution >= 4 is 5.97 Å². The highest BCUT2D eigenvalue weighted by Gasteiger charge is 2.01. The summed E-state index contributed by atoms with van der Waals surface area (Å²) >= 11 is 0. The average Bonchev–Trinajstić information content (AvgIpc) is 2.03. The monoisotopic (exact) mass is 167 g/mol. The van der Waals surface area contributed by atoms with E-state index in [1.807, 2.05) is 0 Å². The molecule has 0 saturated heterocycles. The zero-order valence-electron chi connectivity index (χ0n) is 7.29. The molecule has 12 heavy (non-hydrogen) atoms. The quantitative estimate of drug-likeness (QED) is 0.490. The number of hydrogen-bond donors (Lipinski definition) is 2. The van der Waals surface area contributed by atoms with Crippen LogP contribution in [0.4, 0.5) is 0 Å². The minimum absolute atomic E-state index is 0.219. The maximum Gasteiger partial charge on any atom is 0.335 e. The average molecular weight is 167 g/mol. The number of rotatable bonds is 4. The van der Waals surface area contributed by atoms with Crippen LogP contribution in [-0.4, -0.2) is 18.1 Å². The van der Waals surface area contributed by atoms with Crippen LogP contribution in [0.2, 0.25) is 0 Å². The zero-order chi connectivity index (χ0) is 9.56. The summed E-state index contributed by atoms with van der Waals surface area (Å²) in [5, 5.41) is 11.5. The second kappa shape index (κ2) is 5.18. The van der Waals surface area contributed by atoms with E-state index in [-0.39, 0.29) is 5.57 Å². The number of allylic oxidation sites excluding steroid dienone is 3. The highest BCUT2D eigenvalue weighted by atomic mass is 16.4. The first-order valence-corrected chi connectivity index (χ1v) is 3.54. The predicted octanol–water partition coefficient (Wildman–Crippen LogP) is 1.31. The number of carboxylic acids is 1. The SMILES string of the molecule is C=C/C=C(\C=C(/C)NC)C(=O)O. The van der Waals surface area contributed by atoms with Crippen molar-refractivity contribution in [2.24, 2.45) is 0 Å². The van der Waals surface area contributed by atoms with Gasteiger partial charge >= 0.3 is 5.97 Å². The van der Waals surface area contributed by atoms with E-state index in [1.54, 1.807) is 20.0 Å². The molecule has 0 rings (SSSR count). The number of aliphatic carboxylic acids is 1. The molecule has 3 heteroatoms.